The highest BCUT2D eigenvalue weighted by Gasteiger charge is 2.14. The zero-order valence-corrected chi connectivity index (χ0v) is 11.2. The van der Waals surface area contributed by atoms with E-state index in [1.165, 1.54) is 5.56 Å². The van der Waals surface area contributed by atoms with Crippen molar-refractivity contribution in [3.05, 3.63) is 60.2 Å². The van der Waals surface area contributed by atoms with Gasteiger partial charge < -0.3 is 5.32 Å². The normalized spacial score (nSPS) is 11.6. The lowest BCUT2D eigenvalue weighted by atomic mass is 9.96. The van der Waals surface area contributed by atoms with E-state index in [2.05, 4.69) is 46.5 Å². The number of hydrogen-bond acceptors (Lipinski definition) is 3. The number of likely N-dealkylation sites (N-methyl/N-ethyl adjacent to an activating group) is 1. The van der Waals surface area contributed by atoms with Crippen molar-refractivity contribution in [2.45, 2.75) is 12.8 Å². The van der Waals surface area contributed by atoms with Gasteiger partial charge in [-0.2, -0.15) is 0 Å². The molecule has 0 spiro atoms. The Bertz CT molecular complexity index is 394. The highest BCUT2D eigenvalue weighted by molar-refractivity contribution is 5.85. The summed E-state index contributed by atoms with van der Waals surface area (Å²) in [7, 11) is 0. The first kappa shape index (κ1) is 14.6. The predicted molar refractivity (Wildman–Crippen MR) is 76.1 cm³/mol. The molecule has 0 bridgehead atoms. The van der Waals surface area contributed by atoms with Crippen molar-refractivity contribution in [2.24, 2.45) is 0 Å². The van der Waals surface area contributed by atoms with Crippen LogP contribution in [0.15, 0.2) is 48.9 Å². The molecule has 96 valence electrons. The Labute approximate surface area is 114 Å². The smallest absolute Gasteiger partial charge is 0.0674 e. The molecular weight excluding hydrogens is 246 g/mol. The van der Waals surface area contributed by atoms with E-state index in [4.69, 9.17) is 0 Å². The minimum atomic E-state index is 0. The maximum Gasteiger partial charge on any atom is 0.0674 e. The highest BCUT2D eigenvalue weighted by Crippen LogP contribution is 2.21. The second-order valence-corrected chi connectivity index (χ2v) is 3.90. The lowest BCUT2D eigenvalue weighted by Gasteiger charge is -2.16. The minimum absolute atomic E-state index is 0. The Morgan fingerprint density at radius 2 is 1.94 bits per heavy atom. The summed E-state index contributed by atoms with van der Waals surface area (Å²) in [4.78, 5) is 8.55. The van der Waals surface area contributed by atoms with Crippen LogP contribution in [0.3, 0.4) is 0 Å². The van der Waals surface area contributed by atoms with Crippen LogP contribution in [0.4, 0.5) is 0 Å². The molecule has 0 aliphatic heterocycles. The number of rotatable bonds is 5. The maximum atomic E-state index is 4.41. The summed E-state index contributed by atoms with van der Waals surface area (Å²) in [5.41, 5.74) is 2.29. The van der Waals surface area contributed by atoms with Crippen LogP contribution in [0.2, 0.25) is 0 Å². The number of nitrogens with one attached hydrogen (secondary N) is 1. The third-order valence-corrected chi connectivity index (χ3v) is 2.74. The van der Waals surface area contributed by atoms with E-state index in [1.54, 1.807) is 12.4 Å². The Kier molecular flexibility index (Phi) is 6.33. The molecule has 1 N–H and O–H groups in total. The van der Waals surface area contributed by atoms with Gasteiger partial charge in [0.05, 0.1) is 5.69 Å². The summed E-state index contributed by atoms with van der Waals surface area (Å²) in [6, 6.07) is 10.4. The molecule has 4 heteroatoms. The van der Waals surface area contributed by atoms with E-state index in [0.29, 0.717) is 0 Å². The van der Waals surface area contributed by atoms with Gasteiger partial charge in [-0.15, -0.1) is 12.4 Å². The van der Waals surface area contributed by atoms with Crippen LogP contribution in [0.1, 0.15) is 24.1 Å². The molecule has 1 unspecified atom stereocenters. The monoisotopic (exact) mass is 263 g/mol. The fourth-order valence-electron chi connectivity index (χ4n) is 1.86. The molecule has 0 radical (unpaired) electrons. The number of benzene rings is 1. The number of hydrogen-bond donors (Lipinski definition) is 1. The summed E-state index contributed by atoms with van der Waals surface area (Å²) in [6.45, 7) is 3.96. The van der Waals surface area contributed by atoms with Gasteiger partial charge in [0.25, 0.3) is 0 Å². The van der Waals surface area contributed by atoms with Crippen LogP contribution in [-0.4, -0.2) is 23.1 Å². The zero-order valence-electron chi connectivity index (χ0n) is 10.4. The third kappa shape index (κ3) is 3.79. The van der Waals surface area contributed by atoms with Gasteiger partial charge in [0, 0.05) is 31.1 Å². The maximum absolute atomic E-state index is 4.41. The average Bonchev–Trinajstić information content (AvgIpc) is 2.42. The molecule has 0 aliphatic carbocycles. The molecule has 1 atom stereocenters. The molecule has 1 heterocycles. The third-order valence-electron chi connectivity index (χ3n) is 2.74. The first-order valence-corrected chi connectivity index (χ1v) is 5.93. The van der Waals surface area contributed by atoms with Crippen LogP contribution in [0.5, 0.6) is 0 Å². The van der Waals surface area contributed by atoms with Gasteiger partial charge >= 0.3 is 0 Å². The van der Waals surface area contributed by atoms with Crippen molar-refractivity contribution < 1.29 is 0 Å². The molecule has 0 amide bonds. The van der Waals surface area contributed by atoms with Gasteiger partial charge in [-0.25, -0.2) is 0 Å². The van der Waals surface area contributed by atoms with Crippen LogP contribution >= 0.6 is 12.4 Å². The van der Waals surface area contributed by atoms with E-state index in [-0.39, 0.29) is 18.3 Å². The molecule has 0 fully saturated rings. The molecule has 0 aliphatic rings. The molecule has 2 rings (SSSR count). The molecule has 3 nitrogen and oxygen atoms in total. The lowest BCUT2D eigenvalue weighted by molar-refractivity contribution is 0.644. The zero-order chi connectivity index (χ0) is 11.9. The minimum Gasteiger partial charge on any atom is -0.316 e. The summed E-state index contributed by atoms with van der Waals surface area (Å²) in [6.07, 6.45) is 5.30. The second-order valence-electron chi connectivity index (χ2n) is 3.90. The molecule has 18 heavy (non-hydrogen) atoms. The summed E-state index contributed by atoms with van der Waals surface area (Å²) < 4.78 is 0. The van der Waals surface area contributed by atoms with E-state index >= 15 is 0 Å². The van der Waals surface area contributed by atoms with Gasteiger partial charge in [0.2, 0.25) is 0 Å². The number of aromatic nitrogens is 2. The Hall–Kier alpha value is -1.45. The van der Waals surface area contributed by atoms with E-state index in [0.717, 1.165) is 18.8 Å². The van der Waals surface area contributed by atoms with Gasteiger partial charge in [0.15, 0.2) is 0 Å². The fraction of sp³-hybridized carbons (Fsp3) is 0.286. The fourth-order valence-corrected chi connectivity index (χ4v) is 1.86. The van der Waals surface area contributed by atoms with Crippen molar-refractivity contribution in [2.75, 3.05) is 13.1 Å². The number of halogens is 1. The topological polar surface area (TPSA) is 37.8 Å². The van der Waals surface area contributed by atoms with Crippen molar-refractivity contribution in [1.82, 2.24) is 15.3 Å². The molecule has 0 saturated heterocycles. The summed E-state index contributed by atoms with van der Waals surface area (Å²) >= 11 is 0. The van der Waals surface area contributed by atoms with Gasteiger partial charge in [0.1, 0.15) is 0 Å². The van der Waals surface area contributed by atoms with Crippen LogP contribution < -0.4 is 5.32 Å². The van der Waals surface area contributed by atoms with Crippen LogP contribution in [0.25, 0.3) is 0 Å². The molecule has 2 aromatic rings. The van der Waals surface area contributed by atoms with Crippen molar-refractivity contribution in [1.29, 1.82) is 0 Å². The van der Waals surface area contributed by atoms with Crippen molar-refractivity contribution in [3.63, 3.8) is 0 Å². The van der Waals surface area contributed by atoms with Gasteiger partial charge in [-0.3, -0.25) is 9.97 Å². The first-order valence-electron chi connectivity index (χ1n) is 5.93. The largest absolute Gasteiger partial charge is 0.316 e. The Morgan fingerprint density at radius 1 is 1.17 bits per heavy atom. The highest BCUT2D eigenvalue weighted by atomic mass is 35.5. The van der Waals surface area contributed by atoms with Crippen molar-refractivity contribution >= 4 is 12.4 Å². The molecule has 0 saturated carbocycles. The summed E-state index contributed by atoms with van der Waals surface area (Å²) in [5, 5.41) is 3.38. The van der Waals surface area contributed by atoms with Crippen molar-refractivity contribution in [3.8, 4) is 0 Å². The predicted octanol–water partition coefficient (Wildman–Crippen LogP) is 2.64. The van der Waals surface area contributed by atoms with Crippen LogP contribution in [-0.2, 0) is 0 Å². The Balaban J connectivity index is 0.00000162. The van der Waals surface area contributed by atoms with E-state index in [9.17, 15) is 0 Å². The van der Waals surface area contributed by atoms with Gasteiger partial charge in [-0.1, -0.05) is 37.3 Å². The average molecular weight is 264 g/mol. The van der Waals surface area contributed by atoms with Gasteiger partial charge in [-0.05, 0) is 12.1 Å². The first-order chi connectivity index (χ1) is 8.42. The number of nitrogens with zero attached hydrogens (tertiary/aromatic N) is 2. The van der Waals surface area contributed by atoms with Crippen LogP contribution in [0, 0.1) is 0 Å². The quantitative estimate of drug-likeness (QED) is 0.901. The van der Waals surface area contributed by atoms with E-state index < -0.39 is 0 Å². The molecule has 1 aromatic heterocycles. The SMILES string of the molecule is CCNCC(c1ccccc1)c1cnccn1.Cl. The van der Waals surface area contributed by atoms with E-state index in [1.807, 2.05) is 12.3 Å². The lowest BCUT2D eigenvalue weighted by Crippen LogP contribution is -2.22. The molecular formula is C14H18ClN3. The summed E-state index contributed by atoms with van der Waals surface area (Å²) in [5.74, 6) is 0.268. The second kappa shape index (κ2) is 7.80. The standard InChI is InChI=1S/C14H17N3.ClH/c1-2-15-10-13(12-6-4-3-5-7-12)14-11-16-8-9-17-14;/h3-9,11,13,15H,2,10H2,1H3;1H. The Morgan fingerprint density at radius 3 is 2.56 bits per heavy atom. The molecule has 1 aromatic carbocycles.